The number of nitrogens with two attached hydrogens (primary N) is 1. The maximum Gasteiger partial charge on any atom is 0.394 e. The monoisotopic (exact) mass is 245 g/mol. The Hall–Kier alpha value is -1.23. The minimum atomic E-state index is -4.67. The molecule has 0 bridgehead atoms. The van der Waals surface area contributed by atoms with Crippen LogP contribution in [0.4, 0.5) is 0 Å². The molecule has 0 rings (SSSR count). The molecule has 0 saturated carbocycles. The zero-order valence-electron chi connectivity index (χ0n) is 7.40. The summed E-state index contributed by atoms with van der Waals surface area (Å²) in [6, 6.07) is -1.06. The summed E-state index contributed by atoms with van der Waals surface area (Å²) in [5.41, 5.74) is 5.00. The largest absolute Gasteiger partial charge is 0.481 e. The average molecular weight is 245 g/mol. The second-order valence-corrected chi connectivity index (χ2v) is 3.22. The van der Waals surface area contributed by atoms with E-state index in [9.17, 15) is 9.59 Å². The van der Waals surface area contributed by atoms with Gasteiger partial charge in [-0.15, -0.1) is 0 Å². The van der Waals surface area contributed by atoms with Gasteiger partial charge in [-0.05, 0) is 6.42 Å². The summed E-state index contributed by atoms with van der Waals surface area (Å²) >= 11 is 0. The number of carboxylic acids is 2. The second kappa shape index (κ2) is 7.11. The third-order valence-corrected chi connectivity index (χ3v) is 0.986. The van der Waals surface area contributed by atoms with Crippen LogP contribution in [0, 0.1) is 0 Å². The molecule has 0 saturated heterocycles. The summed E-state index contributed by atoms with van der Waals surface area (Å²) in [5, 5.41) is 16.3. The summed E-state index contributed by atoms with van der Waals surface area (Å²) in [4.78, 5) is 19.9. The van der Waals surface area contributed by atoms with Crippen molar-refractivity contribution in [2.75, 3.05) is 0 Å². The Balaban J connectivity index is 0. The van der Waals surface area contributed by atoms with E-state index in [2.05, 4.69) is 0 Å². The van der Waals surface area contributed by atoms with Crippen LogP contribution < -0.4 is 5.73 Å². The van der Waals surface area contributed by atoms with Gasteiger partial charge in [0.25, 0.3) is 0 Å². The van der Waals surface area contributed by atoms with Crippen molar-refractivity contribution in [3.05, 3.63) is 0 Å². The van der Waals surface area contributed by atoms with Gasteiger partial charge in [0.05, 0.1) is 0 Å². The number of rotatable bonds is 4. The van der Waals surface area contributed by atoms with Gasteiger partial charge in [-0.2, -0.15) is 8.42 Å². The van der Waals surface area contributed by atoms with Crippen molar-refractivity contribution < 1.29 is 37.3 Å². The van der Waals surface area contributed by atoms with Crippen LogP contribution in [-0.4, -0.2) is 45.7 Å². The maximum absolute atomic E-state index is 9.99. The normalized spacial score (nSPS) is 12.2. The molecule has 0 spiro atoms. The van der Waals surface area contributed by atoms with Crippen LogP contribution >= 0.6 is 0 Å². The number of hydrogen-bond donors (Lipinski definition) is 5. The molecule has 0 aromatic carbocycles. The molecule has 90 valence electrons. The van der Waals surface area contributed by atoms with Crippen molar-refractivity contribution in [1.29, 1.82) is 0 Å². The minimum absolute atomic E-state index is 0.0231. The lowest BCUT2D eigenvalue weighted by Crippen LogP contribution is -2.30. The molecule has 0 aliphatic carbocycles. The highest BCUT2D eigenvalue weighted by Gasteiger charge is 2.12. The molecule has 0 aliphatic rings. The molecule has 0 radical (unpaired) electrons. The fraction of sp³-hybridized carbons (Fsp3) is 0.600. The Labute approximate surface area is 85.1 Å². The molecule has 1 atom stereocenters. The quantitative estimate of drug-likeness (QED) is 0.373. The van der Waals surface area contributed by atoms with E-state index in [-0.39, 0.29) is 12.8 Å². The second-order valence-electron chi connectivity index (χ2n) is 2.32. The Kier molecular flexibility index (Phi) is 7.69. The molecule has 0 aliphatic heterocycles. The van der Waals surface area contributed by atoms with E-state index in [4.69, 9.17) is 33.5 Å². The van der Waals surface area contributed by atoms with E-state index in [1.54, 1.807) is 0 Å². The Bertz CT molecular complexity index is 301. The Morgan fingerprint density at radius 3 is 1.73 bits per heavy atom. The Morgan fingerprint density at radius 1 is 1.20 bits per heavy atom. The van der Waals surface area contributed by atoms with Crippen molar-refractivity contribution in [1.82, 2.24) is 0 Å². The lowest BCUT2D eigenvalue weighted by atomic mass is 10.2. The summed E-state index contributed by atoms with van der Waals surface area (Å²) in [5.74, 6) is -2.20. The van der Waals surface area contributed by atoms with E-state index in [1.165, 1.54) is 0 Å². The molecule has 0 aromatic rings. The van der Waals surface area contributed by atoms with Gasteiger partial charge in [0.2, 0.25) is 0 Å². The smallest absolute Gasteiger partial charge is 0.394 e. The van der Waals surface area contributed by atoms with Gasteiger partial charge in [-0.1, -0.05) is 0 Å². The van der Waals surface area contributed by atoms with Crippen molar-refractivity contribution in [2.45, 2.75) is 18.9 Å². The molecular weight excluding hydrogens is 234 g/mol. The highest BCUT2D eigenvalue weighted by Crippen LogP contribution is 1.93. The fourth-order valence-electron chi connectivity index (χ4n) is 0.402. The number of carboxylic acid groups (broad SMARTS) is 2. The minimum Gasteiger partial charge on any atom is -0.481 e. The highest BCUT2D eigenvalue weighted by atomic mass is 32.3. The zero-order chi connectivity index (χ0) is 12.6. The van der Waals surface area contributed by atoms with Gasteiger partial charge in [-0.3, -0.25) is 18.7 Å². The molecule has 6 N–H and O–H groups in total. The molecule has 9 nitrogen and oxygen atoms in total. The van der Waals surface area contributed by atoms with E-state index < -0.39 is 28.4 Å². The molecule has 10 heteroatoms. The van der Waals surface area contributed by atoms with Crippen LogP contribution in [0.25, 0.3) is 0 Å². The number of hydrogen-bond acceptors (Lipinski definition) is 5. The van der Waals surface area contributed by atoms with Crippen molar-refractivity contribution >= 4 is 22.3 Å². The molecule has 0 amide bonds. The van der Waals surface area contributed by atoms with Crippen molar-refractivity contribution in [3.8, 4) is 0 Å². The maximum atomic E-state index is 9.99. The zero-order valence-corrected chi connectivity index (χ0v) is 8.22. The van der Waals surface area contributed by atoms with Crippen LogP contribution in [0.1, 0.15) is 12.8 Å². The summed E-state index contributed by atoms with van der Waals surface area (Å²) < 4.78 is 31.6. The van der Waals surface area contributed by atoms with Gasteiger partial charge >= 0.3 is 22.3 Å². The van der Waals surface area contributed by atoms with Gasteiger partial charge in [0.1, 0.15) is 6.04 Å². The van der Waals surface area contributed by atoms with Gasteiger partial charge < -0.3 is 15.9 Å². The van der Waals surface area contributed by atoms with E-state index in [0.717, 1.165) is 0 Å². The third-order valence-electron chi connectivity index (χ3n) is 0.986. The molecule has 0 fully saturated rings. The highest BCUT2D eigenvalue weighted by molar-refractivity contribution is 7.79. The topological polar surface area (TPSA) is 175 Å². The molecule has 0 aromatic heterocycles. The van der Waals surface area contributed by atoms with Crippen LogP contribution in [0.3, 0.4) is 0 Å². The predicted octanol–water partition coefficient (Wildman–Crippen LogP) is -1.39. The van der Waals surface area contributed by atoms with Crippen LogP contribution in [0.5, 0.6) is 0 Å². The van der Waals surface area contributed by atoms with E-state index in [0.29, 0.717) is 0 Å². The van der Waals surface area contributed by atoms with Crippen LogP contribution in [-0.2, 0) is 20.0 Å². The first-order valence-corrected chi connectivity index (χ1v) is 4.83. The lowest BCUT2D eigenvalue weighted by Gasteiger charge is -2.01. The molecular formula is C5H11NO8S. The summed E-state index contributed by atoms with van der Waals surface area (Å²) in [6.07, 6.45) is -0.224. The van der Waals surface area contributed by atoms with Gasteiger partial charge in [0.15, 0.2) is 0 Å². The van der Waals surface area contributed by atoms with Crippen molar-refractivity contribution in [2.24, 2.45) is 5.73 Å². The first kappa shape index (κ1) is 16.2. The molecule has 15 heavy (non-hydrogen) atoms. The summed E-state index contributed by atoms with van der Waals surface area (Å²) in [6.45, 7) is 0. The van der Waals surface area contributed by atoms with E-state index in [1.807, 2.05) is 0 Å². The lowest BCUT2D eigenvalue weighted by molar-refractivity contribution is -0.139. The van der Waals surface area contributed by atoms with Crippen LogP contribution in [0.2, 0.25) is 0 Å². The fourth-order valence-corrected chi connectivity index (χ4v) is 0.402. The Morgan fingerprint density at radius 2 is 1.53 bits per heavy atom. The average Bonchev–Trinajstić information content (AvgIpc) is 1.96. The first-order chi connectivity index (χ1) is 6.54. The van der Waals surface area contributed by atoms with Gasteiger partial charge in [-0.25, -0.2) is 0 Å². The van der Waals surface area contributed by atoms with Crippen LogP contribution in [0.15, 0.2) is 0 Å². The number of carbonyl (C=O) groups is 2. The summed E-state index contributed by atoms with van der Waals surface area (Å²) in [7, 11) is -4.67. The third kappa shape index (κ3) is 24.5. The molecule has 0 heterocycles. The number of aliphatic carboxylic acids is 2. The SMILES string of the molecule is N[C@@H](CCC(=O)O)C(=O)O.O=S(=O)(O)O. The first-order valence-electron chi connectivity index (χ1n) is 3.44. The molecule has 0 unspecified atom stereocenters. The van der Waals surface area contributed by atoms with Crippen molar-refractivity contribution in [3.63, 3.8) is 0 Å². The van der Waals surface area contributed by atoms with Gasteiger partial charge in [0, 0.05) is 6.42 Å². The standard InChI is InChI=1S/C5H9NO4.H2O4S/c6-3(5(9)10)1-2-4(7)8;1-5(2,3)4/h3H,1-2,6H2,(H,7,8)(H,9,10);(H2,1,2,3,4)/t3-;/m0./s1. The predicted molar refractivity (Wildman–Crippen MR) is 46.7 cm³/mol. The van der Waals surface area contributed by atoms with E-state index >= 15 is 0 Å².